The smallest absolute Gasteiger partial charge is 0.410 e. The maximum absolute atomic E-state index is 11.9. The molecular formula is C11H18IN3O2. The minimum atomic E-state index is -0.432. The summed E-state index contributed by atoms with van der Waals surface area (Å²) < 4.78 is 5.70. The molecule has 0 radical (unpaired) electrons. The van der Waals surface area contributed by atoms with Crippen LogP contribution in [0.1, 0.15) is 27.2 Å². The molecule has 6 heteroatoms. The molecule has 2 heterocycles. The van der Waals surface area contributed by atoms with Crippen molar-refractivity contribution in [3.8, 4) is 0 Å². The highest BCUT2D eigenvalue weighted by molar-refractivity contribution is 14.1. The van der Waals surface area contributed by atoms with Crippen LogP contribution >= 0.6 is 22.6 Å². The Bertz CT molecular complexity index is 362. The highest BCUT2D eigenvalue weighted by atomic mass is 127. The van der Waals surface area contributed by atoms with E-state index < -0.39 is 5.60 Å². The van der Waals surface area contributed by atoms with E-state index >= 15 is 0 Å². The standard InChI is InChI=1S/C11H18IN3O2/c1-11(2,3)17-10(16)15-5-4-7-8(6-15)13-14-9(7)12/h9,13-14H,4-6H2,1-3H3. The van der Waals surface area contributed by atoms with Crippen LogP contribution in [0.3, 0.4) is 0 Å². The Morgan fingerprint density at radius 2 is 2.24 bits per heavy atom. The van der Waals surface area contributed by atoms with Crippen molar-refractivity contribution in [2.24, 2.45) is 0 Å². The van der Waals surface area contributed by atoms with E-state index in [0.29, 0.717) is 10.6 Å². The average molecular weight is 351 g/mol. The van der Waals surface area contributed by atoms with Crippen LogP contribution in [-0.2, 0) is 4.74 Å². The third-order valence-electron chi connectivity index (χ3n) is 2.70. The van der Waals surface area contributed by atoms with Gasteiger partial charge < -0.3 is 15.1 Å². The summed E-state index contributed by atoms with van der Waals surface area (Å²) in [6.45, 7) is 6.99. The molecule has 2 N–H and O–H groups in total. The van der Waals surface area contributed by atoms with Gasteiger partial charge in [0, 0.05) is 12.2 Å². The van der Waals surface area contributed by atoms with Crippen molar-refractivity contribution in [3.05, 3.63) is 11.3 Å². The van der Waals surface area contributed by atoms with Gasteiger partial charge in [-0.15, -0.1) is 0 Å². The van der Waals surface area contributed by atoms with Crippen LogP contribution < -0.4 is 10.9 Å². The van der Waals surface area contributed by atoms with E-state index in [-0.39, 0.29) is 6.09 Å². The Hall–Kier alpha value is -0.500. The fourth-order valence-electron chi connectivity index (χ4n) is 1.90. The number of alkyl halides is 1. The van der Waals surface area contributed by atoms with E-state index in [1.807, 2.05) is 20.8 Å². The van der Waals surface area contributed by atoms with E-state index in [9.17, 15) is 4.79 Å². The molecule has 0 bridgehead atoms. The first kappa shape index (κ1) is 12.9. The van der Waals surface area contributed by atoms with Crippen molar-refractivity contribution in [1.29, 1.82) is 0 Å². The van der Waals surface area contributed by atoms with Gasteiger partial charge in [-0.3, -0.25) is 0 Å². The number of halogens is 1. The summed E-state index contributed by atoms with van der Waals surface area (Å²) in [7, 11) is 0. The predicted molar refractivity (Wildman–Crippen MR) is 73.5 cm³/mol. The largest absolute Gasteiger partial charge is 0.444 e. The highest BCUT2D eigenvalue weighted by Crippen LogP contribution is 2.26. The van der Waals surface area contributed by atoms with Gasteiger partial charge in [-0.1, -0.05) is 22.6 Å². The summed E-state index contributed by atoms with van der Waals surface area (Å²) in [4.78, 5) is 13.7. The highest BCUT2D eigenvalue weighted by Gasteiger charge is 2.31. The van der Waals surface area contributed by atoms with E-state index in [0.717, 1.165) is 18.7 Å². The second-order valence-electron chi connectivity index (χ2n) is 5.29. The molecule has 2 aliphatic heterocycles. The molecule has 2 aliphatic rings. The fraction of sp³-hybridized carbons (Fsp3) is 0.727. The molecule has 5 nitrogen and oxygen atoms in total. The van der Waals surface area contributed by atoms with E-state index in [1.54, 1.807) is 4.90 Å². The molecule has 1 amide bonds. The SMILES string of the molecule is CC(C)(C)OC(=O)N1CCC2=C(C1)NNC2I. The number of ether oxygens (including phenoxy) is 1. The van der Waals surface area contributed by atoms with Gasteiger partial charge in [-0.25, -0.2) is 10.2 Å². The summed E-state index contributed by atoms with van der Waals surface area (Å²) in [6.07, 6.45) is 0.671. The van der Waals surface area contributed by atoms with Crippen molar-refractivity contribution >= 4 is 28.7 Å². The second kappa shape index (κ2) is 4.64. The molecule has 0 aromatic rings. The Balaban J connectivity index is 1.98. The molecule has 0 saturated heterocycles. The molecule has 17 heavy (non-hydrogen) atoms. The predicted octanol–water partition coefficient (Wildman–Crippen LogP) is 1.75. The Labute approximate surface area is 115 Å². The molecule has 1 unspecified atom stereocenters. The zero-order valence-electron chi connectivity index (χ0n) is 10.3. The second-order valence-corrected chi connectivity index (χ2v) is 6.53. The van der Waals surface area contributed by atoms with Gasteiger partial charge in [0.05, 0.1) is 6.54 Å². The number of hydrogen-bond acceptors (Lipinski definition) is 4. The third kappa shape index (κ3) is 3.04. The van der Waals surface area contributed by atoms with Gasteiger partial charge in [0.2, 0.25) is 0 Å². The van der Waals surface area contributed by atoms with Crippen LogP contribution in [0.4, 0.5) is 4.79 Å². The lowest BCUT2D eigenvalue weighted by Crippen LogP contribution is -2.42. The number of amides is 1. The first-order valence-corrected chi connectivity index (χ1v) is 6.97. The van der Waals surface area contributed by atoms with Crippen LogP contribution in [0.5, 0.6) is 0 Å². The Morgan fingerprint density at radius 3 is 2.88 bits per heavy atom. The molecule has 96 valence electrons. The lowest BCUT2D eigenvalue weighted by atomic mass is 10.1. The number of hydrogen-bond donors (Lipinski definition) is 2. The molecule has 0 aromatic carbocycles. The molecule has 0 fully saturated rings. The van der Waals surface area contributed by atoms with Gasteiger partial charge in [-0.05, 0) is 32.8 Å². The fourth-order valence-corrected chi connectivity index (χ4v) is 2.74. The molecule has 1 atom stereocenters. The zero-order chi connectivity index (χ0) is 12.6. The Kier molecular flexibility index (Phi) is 3.53. The molecule has 0 saturated carbocycles. The quantitative estimate of drug-likeness (QED) is 0.397. The van der Waals surface area contributed by atoms with E-state index in [4.69, 9.17) is 4.74 Å². The number of carbonyl (C=O) groups excluding carboxylic acids is 1. The number of rotatable bonds is 0. The van der Waals surface area contributed by atoms with Gasteiger partial charge in [0.15, 0.2) is 0 Å². The summed E-state index contributed by atoms with van der Waals surface area (Å²) in [5, 5.41) is 0. The molecular weight excluding hydrogens is 333 g/mol. The van der Waals surface area contributed by atoms with Crippen LogP contribution in [0.2, 0.25) is 0 Å². The number of nitrogens with zero attached hydrogens (tertiary/aromatic N) is 1. The molecule has 0 aliphatic carbocycles. The Morgan fingerprint density at radius 1 is 1.53 bits per heavy atom. The molecule has 0 aromatic heterocycles. The summed E-state index contributed by atoms with van der Waals surface area (Å²) >= 11 is 2.35. The van der Waals surface area contributed by atoms with Crippen molar-refractivity contribution in [3.63, 3.8) is 0 Å². The zero-order valence-corrected chi connectivity index (χ0v) is 12.5. The maximum Gasteiger partial charge on any atom is 0.410 e. The molecule has 0 spiro atoms. The lowest BCUT2D eigenvalue weighted by Gasteiger charge is -2.30. The third-order valence-corrected chi connectivity index (χ3v) is 3.76. The number of carbonyl (C=O) groups is 1. The van der Waals surface area contributed by atoms with Gasteiger partial charge >= 0.3 is 6.09 Å². The summed E-state index contributed by atoms with van der Waals surface area (Å²) in [6, 6.07) is 0. The van der Waals surface area contributed by atoms with Crippen molar-refractivity contribution in [2.45, 2.75) is 36.8 Å². The van der Waals surface area contributed by atoms with E-state index in [2.05, 4.69) is 33.4 Å². The summed E-state index contributed by atoms with van der Waals surface area (Å²) in [5.74, 6) is 0. The van der Waals surface area contributed by atoms with Crippen LogP contribution in [-0.4, -0.2) is 33.7 Å². The molecule has 2 rings (SSSR count). The number of nitrogens with one attached hydrogen (secondary N) is 2. The lowest BCUT2D eigenvalue weighted by molar-refractivity contribution is 0.0258. The van der Waals surface area contributed by atoms with Crippen molar-refractivity contribution in [1.82, 2.24) is 15.8 Å². The first-order valence-electron chi connectivity index (χ1n) is 5.72. The maximum atomic E-state index is 11.9. The van der Waals surface area contributed by atoms with Gasteiger partial charge in [0.25, 0.3) is 0 Å². The summed E-state index contributed by atoms with van der Waals surface area (Å²) in [5.41, 5.74) is 8.33. The van der Waals surface area contributed by atoms with Gasteiger partial charge in [0.1, 0.15) is 9.65 Å². The average Bonchev–Trinajstić information content (AvgIpc) is 2.57. The number of hydrazine groups is 1. The van der Waals surface area contributed by atoms with Crippen LogP contribution in [0.15, 0.2) is 11.3 Å². The van der Waals surface area contributed by atoms with Crippen molar-refractivity contribution in [2.75, 3.05) is 13.1 Å². The first-order chi connectivity index (χ1) is 7.87. The topological polar surface area (TPSA) is 53.6 Å². The van der Waals surface area contributed by atoms with Crippen molar-refractivity contribution < 1.29 is 9.53 Å². The van der Waals surface area contributed by atoms with Crippen LogP contribution in [0.25, 0.3) is 0 Å². The monoisotopic (exact) mass is 351 g/mol. The minimum absolute atomic E-state index is 0.234. The van der Waals surface area contributed by atoms with Crippen LogP contribution in [0, 0.1) is 0 Å². The van der Waals surface area contributed by atoms with E-state index in [1.165, 1.54) is 5.57 Å². The minimum Gasteiger partial charge on any atom is -0.444 e. The van der Waals surface area contributed by atoms with Gasteiger partial charge in [-0.2, -0.15) is 0 Å². The normalized spacial score (nSPS) is 24.5.